The van der Waals surface area contributed by atoms with Gasteiger partial charge >= 0.3 is 5.97 Å². The van der Waals surface area contributed by atoms with Crippen LogP contribution in [0.5, 0.6) is 0 Å². The number of nitrogens with one attached hydrogen (secondary N) is 1. The van der Waals surface area contributed by atoms with Gasteiger partial charge in [-0.2, -0.15) is 0 Å². The fourth-order valence-electron chi connectivity index (χ4n) is 2.57. The molecule has 1 unspecified atom stereocenters. The monoisotopic (exact) mass is 357 g/mol. The molecule has 0 aliphatic heterocycles. The molecule has 1 aromatic heterocycles. The van der Waals surface area contributed by atoms with Crippen LogP contribution in [0.1, 0.15) is 28.6 Å². The summed E-state index contributed by atoms with van der Waals surface area (Å²) in [6.45, 7) is 0. The van der Waals surface area contributed by atoms with Crippen molar-refractivity contribution < 1.29 is 18.7 Å². The van der Waals surface area contributed by atoms with Gasteiger partial charge in [-0.05, 0) is 23.8 Å². The van der Waals surface area contributed by atoms with E-state index < -0.39 is 17.9 Å². The van der Waals surface area contributed by atoms with Crippen molar-refractivity contribution in [2.24, 2.45) is 0 Å². The average molecular weight is 358 g/mol. The number of hydrogen-bond acceptors (Lipinski definition) is 4. The Balaban J connectivity index is 1.87. The minimum atomic E-state index is -0.623. The van der Waals surface area contributed by atoms with Gasteiger partial charge in [-0.3, -0.25) is 9.59 Å². The number of carbonyl (C=O) groups excluding carboxylic acids is 2. The molecule has 1 amide bonds. The maximum absolute atomic E-state index is 12.6. The Bertz CT molecular complexity index is 885. The van der Waals surface area contributed by atoms with E-state index in [1.54, 1.807) is 36.4 Å². The van der Waals surface area contributed by atoms with Crippen LogP contribution in [0.4, 0.5) is 0 Å². The van der Waals surface area contributed by atoms with Crippen molar-refractivity contribution in [2.45, 2.75) is 12.5 Å². The number of benzene rings is 2. The largest absolute Gasteiger partial charge is 0.469 e. The van der Waals surface area contributed by atoms with Crippen molar-refractivity contribution in [3.63, 3.8) is 0 Å². The van der Waals surface area contributed by atoms with Crippen molar-refractivity contribution >= 4 is 34.4 Å². The van der Waals surface area contributed by atoms with E-state index in [9.17, 15) is 9.59 Å². The quantitative estimate of drug-likeness (QED) is 0.697. The Morgan fingerprint density at radius 1 is 1.16 bits per heavy atom. The van der Waals surface area contributed by atoms with Crippen LogP contribution in [0, 0.1) is 0 Å². The minimum absolute atomic E-state index is 0.0355. The molecule has 3 rings (SSSR count). The molecule has 0 saturated heterocycles. The molecule has 0 aliphatic rings. The van der Waals surface area contributed by atoms with Crippen molar-refractivity contribution in [3.8, 4) is 0 Å². The number of esters is 1. The van der Waals surface area contributed by atoms with E-state index in [0.717, 1.165) is 5.39 Å². The Morgan fingerprint density at radius 3 is 2.60 bits per heavy atom. The summed E-state index contributed by atoms with van der Waals surface area (Å²) in [5.41, 5.74) is 1.26. The molecule has 2 aromatic carbocycles. The van der Waals surface area contributed by atoms with Gasteiger partial charge in [0.1, 0.15) is 5.58 Å². The predicted molar refractivity (Wildman–Crippen MR) is 94.5 cm³/mol. The number of furan rings is 1. The molecule has 1 atom stereocenters. The number of methoxy groups -OCH3 is 1. The van der Waals surface area contributed by atoms with Gasteiger partial charge in [0.25, 0.3) is 5.91 Å². The van der Waals surface area contributed by atoms with E-state index in [1.165, 1.54) is 7.11 Å². The van der Waals surface area contributed by atoms with E-state index in [-0.39, 0.29) is 12.2 Å². The van der Waals surface area contributed by atoms with Crippen LogP contribution in [0.3, 0.4) is 0 Å². The highest BCUT2D eigenvalue weighted by atomic mass is 35.5. The second kappa shape index (κ2) is 7.40. The molecule has 1 N–H and O–H groups in total. The van der Waals surface area contributed by atoms with Gasteiger partial charge in [-0.15, -0.1) is 0 Å². The second-order valence-electron chi connectivity index (χ2n) is 5.48. The predicted octanol–water partition coefficient (Wildman–Crippen LogP) is 4.12. The SMILES string of the molecule is COC(=O)CC(NC(=O)c1cc2ccccc2o1)c1ccccc1Cl. The summed E-state index contributed by atoms with van der Waals surface area (Å²) in [5.74, 6) is -0.706. The molecule has 25 heavy (non-hydrogen) atoms. The lowest BCUT2D eigenvalue weighted by atomic mass is 10.0. The lowest BCUT2D eigenvalue weighted by Gasteiger charge is -2.18. The van der Waals surface area contributed by atoms with Crippen LogP contribution < -0.4 is 5.32 Å². The number of fused-ring (bicyclic) bond motifs is 1. The van der Waals surface area contributed by atoms with Crippen molar-refractivity contribution in [1.29, 1.82) is 0 Å². The van der Waals surface area contributed by atoms with Crippen molar-refractivity contribution in [3.05, 3.63) is 70.9 Å². The Morgan fingerprint density at radius 2 is 1.88 bits per heavy atom. The third kappa shape index (κ3) is 3.83. The van der Waals surface area contributed by atoms with Crippen molar-refractivity contribution in [2.75, 3.05) is 7.11 Å². The minimum Gasteiger partial charge on any atom is -0.469 e. The average Bonchev–Trinajstić information content (AvgIpc) is 3.05. The van der Waals surface area contributed by atoms with Crippen LogP contribution in [-0.2, 0) is 9.53 Å². The van der Waals surface area contributed by atoms with E-state index in [2.05, 4.69) is 5.32 Å². The third-order valence-corrected chi connectivity index (χ3v) is 4.18. The highest BCUT2D eigenvalue weighted by Gasteiger charge is 2.23. The topological polar surface area (TPSA) is 68.5 Å². The Hall–Kier alpha value is -2.79. The second-order valence-corrected chi connectivity index (χ2v) is 5.88. The number of para-hydroxylation sites is 1. The van der Waals surface area contributed by atoms with E-state index >= 15 is 0 Å². The lowest BCUT2D eigenvalue weighted by Crippen LogP contribution is -2.30. The highest BCUT2D eigenvalue weighted by molar-refractivity contribution is 6.31. The van der Waals surface area contributed by atoms with Gasteiger partial charge in [0, 0.05) is 10.4 Å². The third-order valence-electron chi connectivity index (χ3n) is 3.83. The summed E-state index contributed by atoms with van der Waals surface area (Å²) >= 11 is 6.21. The van der Waals surface area contributed by atoms with E-state index in [0.29, 0.717) is 16.2 Å². The Labute approximate surface area is 149 Å². The molecule has 0 fully saturated rings. The number of amides is 1. The summed E-state index contributed by atoms with van der Waals surface area (Å²) < 4.78 is 10.3. The molecule has 0 saturated carbocycles. The van der Waals surface area contributed by atoms with Gasteiger partial charge in [0.05, 0.1) is 19.6 Å². The molecular weight excluding hydrogens is 342 g/mol. The zero-order chi connectivity index (χ0) is 17.8. The molecular formula is C19H16ClNO4. The number of ether oxygens (including phenoxy) is 1. The van der Waals surface area contributed by atoms with Crippen LogP contribution in [0.25, 0.3) is 11.0 Å². The van der Waals surface area contributed by atoms with Gasteiger partial charge in [-0.25, -0.2) is 0 Å². The fraction of sp³-hybridized carbons (Fsp3) is 0.158. The van der Waals surface area contributed by atoms with Gasteiger partial charge in [-0.1, -0.05) is 48.0 Å². The zero-order valence-electron chi connectivity index (χ0n) is 13.5. The molecule has 0 spiro atoms. The number of carbonyl (C=O) groups is 2. The smallest absolute Gasteiger partial charge is 0.307 e. The summed E-state index contributed by atoms with van der Waals surface area (Å²) in [6, 6.07) is 15.4. The first-order valence-electron chi connectivity index (χ1n) is 7.69. The summed E-state index contributed by atoms with van der Waals surface area (Å²) in [5, 5.41) is 4.09. The van der Waals surface area contributed by atoms with Gasteiger partial charge in [0.2, 0.25) is 0 Å². The normalized spacial score (nSPS) is 11.9. The number of halogens is 1. The number of rotatable bonds is 5. The summed E-state index contributed by atoms with van der Waals surface area (Å²) in [7, 11) is 1.30. The standard InChI is InChI=1S/C19H16ClNO4/c1-24-18(22)11-15(13-7-3-4-8-14(13)20)21-19(23)17-10-12-6-2-5-9-16(12)25-17/h2-10,15H,11H2,1H3,(H,21,23). The maximum atomic E-state index is 12.6. The highest BCUT2D eigenvalue weighted by Crippen LogP contribution is 2.26. The molecule has 1 heterocycles. The first kappa shape index (κ1) is 17.0. The van der Waals surface area contributed by atoms with E-state index in [1.807, 2.05) is 18.2 Å². The zero-order valence-corrected chi connectivity index (χ0v) is 14.2. The number of hydrogen-bond donors (Lipinski definition) is 1. The molecule has 5 nitrogen and oxygen atoms in total. The molecule has 128 valence electrons. The summed E-state index contributed by atoms with van der Waals surface area (Å²) in [6.07, 6.45) is -0.0355. The van der Waals surface area contributed by atoms with E-state index in [4.69, 9.17) is 20.8 Å². The van der Waals surface area contributed by atoms with Crippen LogP contribution >= 0.6 is 11.6 Å². The first-order chi connectivity index (χ1) is 12.1. The molecule has 3 aromatic rings. The molecule has 0 bridgehead atoms. The van der Waals surface area contributed by atoms with Gasteiger partial charge < -0.3 is 14.5 Å². The van der Waals surface area contributed by atoms with Crippen LogP contribution in [0.2, 0.25) is 5.02 Å². The molecule has 0 radical (unpaired) electrons. The van der Waals surface area contributed by atoms with Gasteiger partial charge in [0.15, 0.2) is 5.76 Å². The lowest BCUT2D eigenvalue weighted by molar-refractivity contribution is -0.141. The maximum Gasteiger partial charge on any atom is 0.307 e. The van der Waals surface area contributed by atoms with Crippen molar-refractivity contribution in [1.82, 2.24) is 5.32 Å². The summed E-state index contributed by atoms with van der Waals surface area (Å²) in [4.78, 5) is 24.3. The van der Waals surface area contributed by atoms with Crippen LogP contribution in [-0.4, -0.2) is 19.0 Å². The first-order valence-corrected chi connectivity index (χ1v) is 8.07. The fourth-order valence-corrected chi connectivity index (χ4v) is 2.84. The van der Waals surface area contributed by atoms with Crippen LogP contribution in [0.15, 0.2) is 59.0 Å². The molecule has 6 heteroatoms. The molecule has 0 aliphatic carbocycles. The Kier molecular flexibility index (Phi) is 5.05.